The number of para-hydroxylation sites is 1. The standard InChI is InChI=1S/C17H15NO5/c19-17(23-13-12-22-16-4-2-1-3-5-16)11-8-14-6-9-15(10-7-14)18(20)21/h1-11H,12-13H2/b11-8+. The highest BCUT2D eigenvalue weighted by Crippen LogP contribution is 2.13. The molecule has 2 rings (SSSR count). The van der Waals surface area contributed by atoms with Gasteiger partial charge in [-0.1, -0.05) is 18.2 Å². The maximum atomic E-state index is 11.5. The van der Waals surface area contributed by atoms with E-state index in [1.807, 2.05) is 30.3 Å². The molecule has 0 aliphatic carbocycles. The Labute approximate surface area is 133 Å². The minimum Gasteiger partial charge on any atom is -0.490 e. The Kier molecular flexibility index (Phi) is 5.88. The summed E-state index contributed by atoms with van der Waals surface area (Å²) < 4.78 is 10.4. The van der Waals surface area contributed by atoms with Crippen molar-refractivity contribution in [2.45, 2.75) is 0 Å². The van der Waals surface area contributed by atoms with Crippen LogP contribution in [0.5, 0.6) is 5.75 Å². The lowest BCUT2D eigenvalue weighted by Gasteiger charge is -2.05. The van der Waals surface area contributed by atoms with E-state index in [2.05, 4.69) is 0 Å². The topological polar surface area (TPSA) is 78.7 Å². The lowest BCUT2D eigenvalue weighted by Crippen LogP contribution is -2.10. The van der Waals surface area contributed by atoms with Crippen molar-refractivity contribution in [2.75, 3.05) is 13.2 Å². The molecular weight excluding hydrogens is 298 g/mol. The van der Waals surface area contributed by atoms with Crippen LogP contribution in [0, 0.1) is 10.1 Å². The highest BCUT2D eigenvalue weighted by Gasteiger charge is 2.03. The van der Waals surface area contributed by atoms with Gasteiger partial charge < -0.3 is 9.47 Å². The van der Waals surface area contributed by atoms with Crippen molar-refractivity contribution in [2.24, 2.45) is 0 Å². The monoisotopic (exact) mass is 313 g/mol. The smallest absolute Gasteiger partial charge is 0.330 e. The molecule has 6 heteroatoms. The lowest BCUT2D eigenvalue weighted by atomic mass is 10.2. The number of rotatable bonds is 7. The van der Waals surface area contributed by atoms with Crippen LogP contribution in [0.25, 0.3) is 6.08 Å². The highest BCUT2D eigenvalue weighted by molar-refractivity contribution is 5.87. The van der Waals surface area contributed by atoms with Crippen molar-refractivity contribution in [3.8, 4) is 5.75 Å². The molecule has 0 radical (unpaired) electrons. The third kappa shape index (κ3) is 5.62. The molecule has 0 bridgehead atoms. The Balaban J connectivity index is 1.72. The summed E-state index contributed by atoms with van der Waals surface area (Å²) in [6.45, 7) is 0.402. The van der Waals surface area contributed by atoms with Gasteiger partial charge in [0.25, 0.3) is 5.69 Å². The summed E-state index contributed by atoms with van der Waals surface area (Å²) in [7, 11) is 0. The molecular formula is C17H15NO5. The summed E-state index contributed by atoms with van der Waals surface area (Å²) in [5.74, 6) is 0.213. The third-order valence-corrected chi connectivity index (χ3v) is 2.86. The zero-order valence-corrected chi connectivity index (χ0v) is 12.3. The maximum Gasteiger partial charge on any atom is 0.330 e. The summed E-state index contributed by atoms with van der Waals surface area (Å²) in [5.41, 5.74) is 0.677. The first-order valence-corrected chi connectivity index (χ1v) is 6.92. The average Bonchev–Trinajstić information content (AvgIpc) is 2.58. The van der Waals surface area contributed by atoms with Gasteiger partial charge in [-0.15, -0.1) is 0 Å². The van der Waals surface area contributed by atoms with E-state index in [9.17, 15) is 14.9 Å². The number of non-ortho nitro benzene ring substituents is 1. The van der Waals surface area contributed by atoms with Crippen LogP contribution in [-0.4, -0.2) is 24.1 Å². The Morgan fingerprint density at radius 1 is 1.04 bits per heavy atom. The first kappa shape index (κ1) is 16.2. The quantitative estimate of drug-likeness (QED) is 0.258. The Hall–Kier alpha value is -3.15. The number of carbonyl (C=O) groups is 1. The van der Waals surface area contributed by atoms with Gasteiger partial charge in [-0.05, 0) is 35.9 Å². The van der Waals surface area contributed by atoms with Crippen molar-refractivity contribution < 1.29 is 19.2 Å². The van der Waals surface area contributed by atoms with Crippen LogP contribution < -0.4 is 4.74 Å². The van der Waals surface area contributed by atoms with Crippen LogP contribution in [0.1, 0.15) is 5.56 Å². The van der Waals surface area contributed by atoms with E-state index in [-0.39, 0.29) is 18.9 Å². The number of nitro groups is 1. The van der Waals surface area contributed by atoms with Crippen LogP contribution in [0.3, 0.4) is 0 Å². The molecule has 0 aliphatic rings. The number of ether oxygens (including phenoxy) is 2. The van der Waals surface area contributed by atoms with Crippen molar-refractivity contribution in [3.05, 3.63) is 76.4 Å². The van der Waals surface area contributed by atoms with Gasteiger partial charge in [-0.3, -0.25) is 10.1 Å². The predicted molar refractivity (Wildman–Crippen MR) is 85.0 cm³/mol. The second-order valence-corrected chi connectivity index (χ2v) is 4.51. The van der Waals surface area contributed by atoms with Gasteiger partial charge in [-0.25, -0.2) is 4.79 Å². The molecule has 0 N–H and O–H groups in total. The molecule has 0 spiro atoms. The van der Waals surface area contributed by atoms with E-state index in [0.717, 1.165) is 0 Å². The summed E-state index contributed by atoms with van der Waals surface area (Å²) in [6, 6.07) is 15.1. The molecule has 0 saturated carbocycles. The second kappa shape index (κ2) is 8.33. The molecule has 0 heterocycles. The minimum atomic E-state index is -0.500. The van der Waals surface area contributed by atoms with Crippen LogP contribution in [0.2, 0.25) is 0 Å². The van der Waals surface area contributed by atoms with Gasteiger partial charge in [0.2, 0.25) is 0 Å². The average molecular weight is 313 g/mol. The normalized spacial score (nSPS) is 10.4. The number of benzene rings is 2. The predicted octanol–water partition coefficient (Wildman–Crippen LogP) is 3.23. The van der Waals surface area contributed by atoms with Gasteiger partial charge in [0.1, 0.15) is 19.0 Å². The summed E-state index contributed by atoms with van der Waals surface area (Å²) >= 11 is 0. The molecule has 23 heavy (non-hydrogen) atoms. The molecule has 118 valence electrons. The van der Waals surface area contributed by atoms with Crippen LogP contribution in [-0.2, 0) is 9.53 Å². The van der Waals surface area contributed by atoms with Gasteiger partial charge in [0.05, 0.1) is 4.92 Å². The van der Waals surface area contributed by atoms with Crippen LogP contribution >= 0.6 is 0 Å². The highest BCUT2D eigenvalue weighted by atomic mass is 16.6. The third-order valence-electron chi connectivity index (χ3n) is 2.86. The summed E-state index contributed by atoms with van der Waals surface area (Å²) in [5, 5.41) is 10.5. The van der Waals surface area contributed by atoms with E-state index >= 15 is 0 Å². The molecule has 0 amide bonds. The lowest BCUT2D eigenvalue weighted by molar-refractivity contribution is -0.384. The zero-order chi connectivity index (χ0) is 16.5. The van der Waals surface area contributed by atoms with E-state index in [4.69, 9.17) is 9.47 Å². The molecule has 0 aliphatic heterocycles. The fourth-order valence-corrected chi connectivity index (χ4v) is 1.74. The van der Waals surface area contributed by atoms with Crippen molar-refractivity contribution in [3.63, 3.8) is 0 Å². The summed E-state index contributed by atoms with van der Waals surface area (Å²) in [4.78, 5) is 21.6. The Morgan fingerprint density at radius 2 is 1.74 bits per heavy atom. The van der Waals surface area contributed by atoms with Crippen LogP contribution in [0.4, 0.5) is 5.69 Å². The zero-order valence-electron chi connectivity index (χ0n) is 12.3. The molecule has 2 aromatic carbocycles. The molecule has 2 aromatic rings. The fourth-order valence-electron chi connectivity index (χ4n) is 1.74. The molecule has 0 aromatic heterocycles. The van der Waals surface area contributed by atoms with E-state index in [0.29, 0.717) is 11.3 Å². The number of hydrogen-bond donors (Lipinski definition) is 0. The van der Waals surface area contributed by atoms with E-state index in [1.54, 1.807) is 12.1 Å². The Morgan fingerprint density at radius 3 is 2.39 bits per heavy atom. The molecule has 0 fully saturated rings. The van der Waals surface area contributed by atoms with Gasteiger partial charge in [0, 0.05) is 18.2 Å². The van der Waals surface area contributed by atoms with Gasteiger partial charge >= 0.3 is 5.97 Å². The molecule has 0 saturated heterocycles. The van der Waals surface area contributed by atoms with Crippen molar-refractivity contribution in [1.82, 2.24) is 0 Å². The molecule has 0 atom stereocenters. The molecule has 6 nitrogen and oxygen atoms in total. The largest absolute Gasteiger partial charge is 0.490 e. The molecule has 0 unspecified atom stereocenters. The first-order chi connectivity index (χ1) is 11.1. The minimum absolute atomic E-state index is 0.00258. The van der Waals surface area contributed by atoms with Gasteiger partial charge in [-0.2, -0.15) is 0 Å². The number of carbonyl (C=O) groups excluding carboxylic acids is 1. The number of nitrogens with zero attached hydrogens (tertiary/aromatic N) is 1. The number of hydrogen-bond acceptors (Lipinski definition) is 5. The van der Waals surface area contributed by atoms with E-state index < -0.39 is 10.9 Å². The van der Waals surface area contributed by atoms with Crippen molar-refractivity contribution in [1.29, 1.82) is 0 Å². The second-order valence-electron chi connectivity index (χ2n) is 4.51. The fraction of sp³-hybridized carbons (Fsp3) is 0.118. The SMILES string of the molecule is O=C(/C=C/c1ccc([N+](=O)[O-])cc1)OCCOc1ccccc1. The van der Waals surface area contributed by atoms with Crippen LogP contribution in [0.15, 0.2) is 60.7 Å². The van der Waals surface area contributed by atoms with Gasteiger partial charge in [0.15, 0.2) is 0 Å². The Bertz CT molecular complexity index is 680. The van der Waals surface area contributed by atoms with Crippen molar-refractivity contribution >= 4 is 17.7 Å². The number of nitro benzene ring substituents is 1. The number of esters is 1. The first-order valence-electron chi connectivity index (χ1n) is 6.92. The summed E-state index contributed by atoms with van der Waals surface area (Å²) in [6.07, 6.45) is 2.80. The maximum absolute atomic E-state index is 11.5. The van der Waals surface area contributed by atoms with E-state index in [1.165, 1.54) is 24.3 Å².